The van der Waals surface area contributed by atoms with E-state index in [2.05, 4.69) is 15.6 Å². The highest BCUT2D eigenvalue weighted by atomic mass is 16.5. The van der Waals surface area contributed by atoms with Gasteiger partial charge in [-0.25, -0.2) is 4.98 Å². The molecule has 65 heavy (non-hydrogen) atoms. The number of phenolic OH excluding ortho intramolecular Hbond substituents is 4. The summed E-state index contributed by atoms with van der Waals surface area (Å²) in [6.07, 6.45) is 4.97. The van der Waals surface area contributed by atoms with E-state index in [0.29, 0.717) is 68.8 Å². The zero-order valence-corrected chi connectivity index (χ0v) is 36.7. The molecule has 7 unspecified atom stereocenters. The smallest absolute Gasteiger partial charge is 0.200 e. The second-order valence-electron chi connectivity index (χ2n) is 18.1. The number of aromatic hydroxyl groups is 4. The number of carbonyl (C=O) groups is 1. The molecule has 9 rings (SSSR count). The molecule has 0 saturated heterocycles. The first-order valence-corrected chi connectivity index (χ1v) is 22.6. The van der Waals surface area contributed by atoms with Gasteiger partial charge in [-0.2, -0.15) is 11.9 Å². The molecule has 1 aliphatic carbocycles. The first-order chi connectivity index (χ1) is 31.5. The maximum absolute atomic E-state index is 16.1. The van der Waals surface area contributed by atoms with Gasteiger partial charge in [-0.15, -0.1) is 0 Å². The van der Waals surface area contributed by atoms with E-state index in [1.165, 1.54) is 13.2 Å². The fourth-order valence-electron chi connectivity index (χ4n) is 11.5. The summed E-state index contributed by atoms with van der Waals surface area (Å²) in [6, 6.07) is 23.5. The SMILES string of the molecule is CNCC1CC(c2cc(O)c(O)c(OC)c2)CC(=O)C(C(O)CCc2ccc(O)c3c2CCCO3)C2(CCC(O)C2Cc2ccc[n-]2)c2ccnc(c2)Nc2ccc3cc(O)ccc3c21. The number of nitrogens with one attached hydrogen (secondary N) is 2. The number of rotatable bonds is 10. The van der Waals surface area contributed by atoms with Crippen LogP contribution in [0.25, 0.3) is 10.8 Å². The number of ether oxygens (including phenoxy) is 2. The summed E-state index contributed by atoms with van der Waals surface area (Å²) in [5.41, 5.74) is 4.53. The van der Waals surface area contributed by atoms with Crippen molar-refractivity contribution in [3.63, 3.8) is 0 Å². The number of nitrogens with zero attached hydrogens (tertiary/aromatic N) is 2. The number of phenols is 4. The number of hydrogen-bond acceptors (Lipinski definition) is 12. The summed E-state index contributed by atoms with van der Waals surface area (Å²) in [6.45, 7) is 0.980. The molecule has 4 aromatic carbocycles. The van der Waals surface area contributed by atoms with Gasteiger partial charge in [-0.05, 0) is 158 Å². The van der Waals surface area contributed by atoms with Crippen LogP contribution in [0.3, 0.4) is 0 Å². The van der Waals surface area contributed by atoms with Crippen molar-refractivity contribution in [2.45, 2.75) is 87.2 Å². The highest BCUT2D eigenvalue weighted by Gasteiger charge is 2.57. The Balaban J connectivity index is 1.25. The van der Waals surface area contributed by atoms with Crippen molar-refractivity contribution in [1.82, 2.24) is 15.3 Å². The minimum atomic E-state index is -1.20. The summed E-state index contributed by atoms with van der Waals surface area (Å²) in [5.74, 6) is -2.19. The molecule has 1 saturated carbocycles. The number of Topliss-reactive ketones (excluding diaryl/α,β-unsaturated/α-hetero) is 1. The van der Waals surface area contributed by atoms with Gasteiger partial charge in [0, 0.05) is 35.8 Å². The van der Waals surface area contributed by atoms with Crippen molar-refractivity contribution >= 4 is 28.1 Å². The van der Waals surface area contributed by atoms with Crippen LogP contribution in [0.5, 0.6) is 34.5 Å². The number of ketones is 1. The molecule has 8 N–H and O–H groups in total. The fourth-order valence-corrected chi connectivity index (χ4v) is 11.5. The molecule has 2 bridgehead atoms. The molecule has 0 radical (unpaired) electrons. The minimum absolute atomic E-state index is 0.0565. The van der Waals surface area contributed by atoms with Gasteiger partial charge in [0.1, 0.15) is 17.4 Å². The van der Waals surface area contributed by atoms with Crippen LogP contribution < -0.4 is 25.1 Å². The van der Waals surface area contributed by atoms with E-state index < -0.39 is 41.1 Å². The number of anilines is 2. The Labute approximate surface area is 378 Å². The molecule has 340 valence electrons. The maximum atomic E-state index is 16.1. The predicted octanol–water partition coefficient (Wildman–Crippen LogP) is 7.40. The molecule has 3 aliphatic rings. The van der Waals surface area contributed by atoms with Gasteiger partial charge < -0.3 is 55.7 Å². The van der Waals surface area contributed by atoms with Crippen molar-refractivity contribution in [3.8, 4) is 34.5 Å². The van der Waals surface area contributed by atoms with Crippen LogP contribution in [0.15, 0.2) is 91.3 Å². The van der Waals surface area contributed by atoms with Gasteiger partial charge in [-0.3, -0.25) is 4.79 Å². The largest absolute Gasteiger partial charge is 0.668 e. The molecule has 1 fully saturated rings. The van der Waals surface area contributed by atoms with E-state index in [1.807, 2.05) is 55.6 Å². The summed E-state index contributed by atoms with van der Waals surface area (Å²) in [7, 11) is 3.27. The number of hydrogen-bond donors (Lipinski definition) is 8. The Morgan fingerprint density at radius 1 is 1.03 bits per heavy atom. The van der Waals surface area contributed by atoms with Crippen LogP contribution in [0.4, 0.5) is 11.5 Å². The predicted molar refractivity (Wildman–Crippen MR) is 247 cm³/mol. The lowest BCUT2D eigenvalue weighted by Crippen LogP contribution is -2.51. The van der Waals surface area contributed by atoms with Crippen LogP contribution in [0, 0.1) is 11.8 Å². The van der Waals surface area contributed by atoms with Crippen LogP contribution in [-0.4, -0.2) is 80.9 Å². The topological polar surface area (TPSA) is 208 Å². The van der Waals surface area contributed by atoms with Crippen LogP contribution in [-0.2, 0) is 29.5 Å². The first kappa shape index (κ1) is 43.9. The fraction of sp³-hybridized carbons (Fsp3) is 0.385. The zero-order chi connectivity index (χ0) is 45.4. The highest BCUT2D eigenvalue weighted by Crippen LogP contribution is 2.56. The molecule has 7 atom stereocenters. The third-order valence-corrected chi connectivity index (χ3v) is 14.4. The van der Waals surface area contributed by atoms with E-state index in [0.717, 1.165) is 50.8 Å². The van der Waals surface area contributed by atoms with Crippen molar-refractivity contribution in [3.05, 3.63) is 125 Å². The number of likely N-dealkylation sites (N-methyl/N-ethyl adjacent to an activating group) is 1. The molecule has 13 heteroatoms. The molecule has 6 aromatic rings. The van der Waals surface area contributed by atoms with Gasteiger partial charge in [0.15, 0.2) is 23.0 Å². The summed E-state index contributed by atoms with van der Waals surface area (Å²) < 4.78 is 11.4. The molecular weight excluding hydrogens is 825 g/mol. The third-order valence-electron chi connectivity index (χ3n) is 14.4. The number of methoxy groups -OCH3 is 1. The Morgan fingerprint density at radius 2 is 1.89 bits per heavy atom. The molecule has 13 nitrogen and oxygen atoms in total. The average molecular weight is 882 g/mol. The number of pyridine rings is 1. The van der Waals surface area contributed by atoms with Gasteiger partial charge in [0.2, 0.25) is 5.75 Å². The number of carbonyl (C=O) groups excluding carboxylic acids is 1. The summed E-state index contributed by atoms with van der Waals surface area (Å²) in [5, 5.41) is 77.1. The number of aromatic nitrogens is 2. The minimum Gasteiger partial charge on any atom is -0.668 e. The van der Waals surface area contributed by atoms with E-state index >= 15 is 4.79 Å². The molecule has 0 amide bonds. The van der Waals surface area contributed by atoms with Gasteiger partial charge in [-0.1, -0.05) is 30.3 Å². The van der Waals surface area contributed by atoms with Gasteiger partial charge >= 0.3 is 0 Å². The molecule has 2 aliphatic heterocycles. The van der Waals surface area contributed by atoms with Crippen molar-refractivity contribution in [1.29, 1.82) is 0 Å². The highest BCUT2D eigenvalue weighted by molar-refractivity contribution is 5.93. The lowest BCUT2D eigenvalue weighted by Gasteiger charge is -2.46. The quantitative estimate of drug-likeness (QED) is 0.0632. The number of aliphatic hydroxyl groups excluding tert-OH is 2. The van der Waals surface area contributed by atoms with Crippen LogP contribution in [0.1, 0.15) is 83.9 Å². The second-order valence-corrected chi connectivity index (χ2v) is 18.1. The van der Waals surface area contributed by atoms with Crippen molar-refractivity contribution in [2.24, 2.45) is 11.8 Å². The summed E-state index contributed by atoms with van der Waals surface area (Å²) in [4.78, 5) is 25.5. The van der Waals surface area contributed by atoms with Gasteiger partial charge in [0.25, 0.3) is 0 Å². The molecule has 4 heterocycles. The number of fused-ring (bicyclic) bond motifs is 7. The average Bonchev–Trinajstić information content (AvgIpc) is 3.94. The summed E-state index contributed by atoms with van der Waals surface area (Å²) >= 11 is 0. The van der Waals surface area contributed by atoms with E-state index in [1.54, 1.807) is 36.7 Å². The Kier molecular flexibility index (Phi) is 12.4. The lowest BCUT2D eigenvalue weighted by molar-refractivity contribution is -0.132. The van der Waals surface area contributed by atoms with E-state index in [9.17, 15) is 30.6 Å². The Bertz CT molecular complexity index is 2690. The molecule has 1 spiro atoms. The van der Waals surface area contributed by atoms with Crippen LogP contribution in [0.2, 0.25) is 0 Å². The standard InChI is InChI=1S/C52H57N4O9/c1-53-28-33-21-31(32-24-45(62)50(63)46(25-32)64-2)23-44(61)49(42(59)13-8-29-9-14-43(60)51-38(29)6-4-20-65-51)52(17-15-41(58)39(52)27-35-5-3-18-54-35)34-16-19-55-47(26-34)56-40-12-7-30-22-36(57)10-11-37(30)48(33)40/h3,5,7,9-12,14,16,18-19,22,24-26,31,33,39,41-42,49,53,57-60,62-63H,4,6,8,13,15,17,20-21,23,27-28H2,1-2H3,(H,55,56)/q-1. The first-order valence-electron chi connectivity index (χ1n) is 22.6. The number of benzene rings is 4. The maximum Gasteiger partial charge on any atom is 0.200 e. The van der Waals surface area contributed by atoms with Gasteiger partial charge in [0.05, 0.1) is 31.8 Å². The second kappa shape index (κ2) is 18.3. The molecular formula is C52H57N4O9-. The number of aliphatic hydroxyl groups is 2. The number of aryl methyl sites for hydroxylation is 1. The van der Waals surface area contributed by atoms with Crippen molar-refractivity contribution < 1.29 is 44.9 Å². The monoisotopic (exact) mass is 881 g/mol. The lowest BCUT2D eigenvalue weighted by atomic mass is 9.58. The zero-order valence-electron chi connectivity index (χ0n) is 36.7. The Hall–Kier alpha value is -6.28. The Morgan fingerprint density at radius 3 is 2.69 bits per heavy atom. The van der Waals surface area contributed by atoms with E-state index in [4.69, 9.17) is 14.5 Å². The van der Waals surface area contributed by atoms with E-state index in [-0.39, 0.29) is 47.5 Å². The third kappa shape index (κ3) is 8.32. The van der Waals surface area contributed by atoms with Crippen molar-refractivity contribution in [2.75, 3.05) is 32.6 Å². The normalized spacial score (nSPS) is 23.6. The van der Waals surface area contributed by atoms with Crippen LogP contribution >= 0.6 is 0 Å². The molecule has 2 aromatic heterocycles.